The largest absolute Gasteiger partial charge is 0.480 e. The van der Waals surface area contributed by atoms with Gasteiger partial charge in [-0.05, 0) is 11.5 Å². The van der Waals surface area contributed by atoms with Crippen LogP contribution in [0.1, 0.15) is 13.3 Å². The second kappa shape index (κ2) is 7.20. The number of rotatable bonds is 4. The summed E-state index contributed by atoms with van der Waals surface area (Å²) >= 11 is 0. The predicted octanol–water partition coefficient (Wildman–Crippen LogP) is 2.75. The summed E-state index contributed by atoms with van der Waals surface area (Å²) in [4.78, 5) is 11.0. The Labute approximate surface area is 118 Å². The molecule has 0 heterocycles. The van der Waals surface area contributed by atoms with Gasteiger partial charge in [-0.25, -0.2) is 0 Å². The number of carbonyl (C=O) groups excluding carboxylic acids is 1. The van der Waals surface area contributed by atoms with Crippen molar-refractivity contribution in [2.24, 2.45) is 0 Å². The number of benzene rings is 2. The first-order valence-electron chi connectivity index (χ1n) is 6.64. The maximum absolute atomic E-state index is 11.0. The molecule has 1 amide bonds. The summed E-state index contributed by atoms with van der Waals surface area (Å²) in [5.41, 5.74) is 0. The summed E-state index contributed by atoms with van der Waals surface area (Å²) < 4.78 is 5.67. The number of hydrogen-bond donors (Lipinski definition) is 1. The predicted molar refractivity (Wildman–Crippen MR) is 80.5 cm³/mol. The molecule has 0 saturated heterocycles. The standard InChI is InChI=1S/C17H17NO2/c1-2-17(19)18-12-5-6-13-20-16-11-7-9-14-8-3-4-10-15(14)16/h3-4,7-11H,2,12-13H2,1H3,(H,18,19). The lowest BCUT2D eigenvalue weighted by Crippen LogP contribution is -2.22. The number of fused-ring (bicyclic) bond motifs is 1. The van der Waals surface area contributed by atoms with Gasteiger partial charge in [-0.3, -0.25) is 4.79 Å². The van der Waals surface area contributed by atoms with Crippen molar-refractivity contribution < 1.29 is 9.53 Å². The lowest BCUT2D eigenvalue weighted by molar-refractivity contribution is -0.120. The molecule has 0 saturated carbocycles. The molecule has 3 heteroatoms. The van der Waals surface area contributed by atoms with Gasteiger partial charge >= 0.3 is 0 Å². The van der Waals surface area contributed by atoms with E-state index in [1.807, 2.05) is 49.4 Å². The quantitative estimate of drug-likeness (QED) is 0.865. The minimum atomic E-state index is 0.00858. The smallest absolute Gasteiger partial charge is 0.220 e. The second-order valence-corrected chi connectivity index (χ2v) is 4.25. The Bertz CT molecular complexity index is 647. The Hall–Kier alpha value is -2.47. The fourth-order valence-electron chi connectivity index (χ4n) is 1.82. The molecule has 0 aliphatic carbocycles. The van der Waals surface area contributed by atoms with Crippen molar-refractivity contribution in [2.45, 2.75) is 13.3 Å². The fourth-order valence-corrected chi connectivity index (χ4v) is 1.82. The molecule has 0 fully saturated rings. The topological polar surface area (TPSA) is 38.3 Å². The molecular formula is C17H17NO2. The Kier molecular flexibility index (Phi) is 5.02. The zero-order valence-electron chi connectivity index (χ0n) is 11.5. The molecular weight excluding hydrogens is 250 g/mol. The van der Waals surface area contributed by atoms with Gasteiger partial charge in [0.05, 0.1) is 6.54 Å². The summed E-state index contributed by atoms with van der Waals surface area (Å²) in [5.74, 6) is 6.59. The van der Waals surface area contributed by atoms with Crippen molar-refractivity contribution in [3.63, 3.8) is 0 Å². The monoisotopic (exact) mass is 267 g/mol. The van der Waals surface area contributed by atoms with Crippen molar-refractivity contribution in [3.05, 3.63) is 42.5 Å². The van der Waals surface area contributed by atoms with Crippen molar-refractivity contribution in [3.8, 4) is 17.6 Å². The van der Waals surface area contributed by atoms with Gasteiger partial charge in [0.1, 0.15) is 12.4 Å². The van der Waals surface area contributed by atoms with Gasteiger partial charge in [-0.1, -0.05) is 55.2 Å². The summed E-state index contributed by atoms with van der Waals surface area (Å²) in [6.45, 7) is 2.49. The van der Waals surface area contributed by atoms with Crippen LogP contribution >= 0.6 is 0 Å². The summed E-state index contributed by atoms with van der Waals surface area (Å²) in [5, 5.41) is 4.92. The van der Waals surface area contributed by atoms with E-state index in [9.17, 15) is 4.79 Å². The lowest BCUT2D eigenvalue weighted by atomic mass is 10.1. The van der Waals surface area contributed by atoms with E-state index in [-0.39, 0.29) is 5.91 Å². The molecule has 0 aromatic heterocycles. The third-order valence-electron chi connectivity index (χ3n) is 2.87. The normalized spacial score (nSPS) is 9.65. The number of amides is 1. The first kappa shape index (κ1) is 14.0. The first-order chi connectivity index (χ1) is 9.81. The van der Waals surface area contributed by atoms with E-state index < -0.39 is 0 Å². The molecule has 1 N–H and O–H groups in total. The molecule has 20 heavy (non-hydrogen) atoms. The van der Waals surface area contributed by atoms with Crippen LogP contribution in [0.4, 0.5) is 0 Å². The van der Waals surface area contributed by atoms with Crippen molar-refractivity contribution >= 4 is 16.7 Å². The molecule has 2 aromatic rings. The molecule has 0 aliphatic heterocycles. The minimum Gasteiger partial charge on any atom is -0.480 e. The summed E-state index contributed by atoms with van der Waals surface area (Å²) in [6, 6.07) is 14.0. The molecule has 0 bridgehead atoms. The first-order valence-corrected chi connectivity index (χ1v) is 6.64. The number of hydrogen-bond acceptors (Lipinski definition) is 2. The van der Waals surface area contributed by atoms with E-state index in [1.165, 1.54) is 0 Å². The van der Waals surface area contributed by atoms with E-state index >= 15 is 0 Å². The Morgan fingerprint density at radius 1 is 1.15 bits per heavy atom. The molecule has 2 rings (SSSR count). The molecule has 0 unspecified atom stereocenters. The lowest BCUT2D eigenvalue weighted by Gasteiger charge is -2.06. The van der Waals surface area contributed by atoms with Gasteiger partial charge in [0, 0.05) is 11.8 Å². The average molecular weight is 267 g/mol. The second-order valence-electron chi connectivity index (χ2n) is 4.25. The zero-order chi connectivity index (χ0) is 14.2. The van der Waals surface area contributed by atoms with Gasteiger partial charge in [0.2, 0.25) is 5.91 Å². The van der Waals surface area contributed by atoms with Crippen molar-refractivity contribution in [1.82, 2.24) is 5.32 Å². The third kappa shape index (κ3) is 3.76. The molecule has 2 aromatic carbocycles. The van der Waals surface area contributed by atoms with Crippen molar-refractivity contribution in [1.29, 1.82) is 0 Å². The van der Waals surface area contributed by atoms with Crippen LogP contribution < -0.4 is 10.1 Å². The number of carbonyl (C=O) groups is 1. The highest BCUT2D eigenvalue weighted by Crippen LogP contribution is 2.24. The number of ether oxygens (including phenoxy) is 1. The van der Waals surface area contributed by atoms with Crippen molar-refractivity contribution in [2.75, 3.05) is 13.2 Å². The van der Waals surface area contributed by atoms with Crippen LogP contribution in [0, 0.1) is 11.8 Å². The van der Waals surface area contributed by atoms with Crippen LogP contribution in [0.3, 0.4) is 0 Å². The molecule has 0 spiro atoms. The third-order valence-corrected chi connectivity index (χ3v) is 2.87. The van der Waals surface area contributed by atoms with Crippen LogP contribution in [0.25, 0.3) is 10.8 Å². The fraction of sp³-hybridized carbons (Fsp3) is 0.235. The van der Waals surface area contributed by atoms with E-state index in [4.69, 9.17) is 4.74 Å². The molecule has 102 valence electrons. The highest BCUT2D eigenvalue weighted by Gasteiger charge is 1.99. The Morgan fingerprint density at radius 3 is 2.80 bits per heavy atom. The van der Waals surface area contributed by atoms with Crippen LogP contribution in [0.2, 0.25) is 0 Å². The van der Waals surface area contributed by atoms with E-state index in [2.05, 4.69) is 17.2 Å². The molecule has 0 aliphatic rings. The number of nitrogens with one attached hydrogen (secondary N) is 1. The Morgan fingerprint density at radius 2 is 1.95 bits per heavy atom. The van der Waals surface area contributed by atoms with Crippen LogP contribution in [0.5, 0.6) is 5.75 Å². The molecule has 0 radical (unpaired) electrons. The highest BCUT2D eigenvalue weighted by molar-refractivity contribution is 5.88. The summed E-state index contributed by atoms with van der Waals surface area (Å²) in [7, 11) is 0. The van der Waals surface area contributed by atoms with Gasteiger partial charge in [-0.2, -0.15) is 0 Å². The van der Waals surface area contributed by atoms with E-state index in [1.54, 1.807) is 0 Å². The molecule has 3 nitrogen and oxygen atoms in total. The highest BCUT2D eigenvalue weighted by atomic mass is 16.5. The maximum Gasteiger partial charge on any atom is 0.220 e. The van der Waals surface area contributed by atoms with E-state index in [0.29, 0.717) is 19.6 Å². The van der Waals surface area contributed by atoms with Crippen LogP contribution in [0.15, 0.2) is 42.5 Å². The van der Waals surface area contributed by atoms with Crippen LogP contribution in [-0.4, -0.2) is 19.1 Å². The van der Waals surface area contributed by atoms with E-state index in [0.717, 1.165) is 16.5 Å². The van der Waals surface area contributed by atoms with Gasteiger partial charge in [0.15, 0.2) is 0 Å². The van der Waals surface area contributed by atoms with Gasteiger partial charge < -0.3 is 10.1 Å². The molecule has 0 atom stereocenters. The maximum atomic E-state index is 11.0. The Balaban J connectivity index is 1.90. The SMILES string of the molecule is CCC(=O)NCC#CCOc1cccc2ccccc12. The van der Waals surface area contributed by atoms with Gasteiger partial charge in [-0.15, -0.1) is 0 Å². The summed E-state index contributed by atoms with van der Waals surface area (Å²) in [6.07, 6.45) is 0.480. The van der Waals surface area contributed by atoms with Gasteiger partial charge in [0.25, 0.3) is 0 Å². The minimum absolute atomic E-state index is 0.00858. The van der Waals surface area contributed by atoms with Crippen LogP contribution in [-0.2, 0) is 4.79 Å². The average Bonchev–Trinajstić information content (AvgIpc) is 2.50. The zero-order valence-corrected chi connectivity index (χ0v) is 11.5.